The van der Waals surface area contributed by atoms with Crippen molar-refractivity contribution in [3.8, 4) is 0 Å². The Morgan fingerprint density at radius 3 is 1.90 bits per heavy atom. The summed E-state index contributed by atoms with van der Waals surface area (Å²) < 4.78 is 57.7. The summed E-state index contributed by atoms with van der Waals surface area (Å²) in [6.07, 6.45) is -3.63. The van der Waals surface area contributed by atoms with Gasteiger partial charge in [0.25, 0.3) is 11.8 Å². The number of nitrogens with two attached hydrogens (primary N) is 1. The van der Waals surface area contributed by atoms with Crippen molar-refractivity contribution in [3.63, 3.8) is 0 Å². The normalized spacial score (nSPS) is 16.9. The van der Waals surface area contributed by atoms with E-state index in [9.17, 15) is 41.7 Å². The van der Waals surface area contributed by atoms with Gasteiger partial charge in [-0.25, -0.2) is 33.4 Å². The SMILES string of the molecule is CC(C)(C)OC(=O)Nc1nc(/C(=N\OC2(C(=O)OC(c3ccccc3)c3ccccc3)CC2)C(=O)N[C@@H]2C(=O)N(S(=O)(=O)O)[C@@H]2Cn2nc(CN)c(CN(C(=O)OC(C)(C)C)C(=O)OC(C)(C)C)n2)cs1. The number of anilines is 1. The average molecular weight is 1030 g/mol. The number of esters is 1. The van der Waals surface area contributed by atoms with Gasteiger partial charge in [0.15, 0.2) is 16.9 Å². The number of nitrogens with one attached hydrogen (secondary N) is 2. The molecule has 1 saturated carbocycles. The molecule has 5 amide bonds. The molecule has 1 saturated heterocycles. The number of amides is 5. The Kier molecular flexibility index (Phi) is 15.6. The molecule has 71 heavy (non-hydrogen) atoms. The fourth-order valence-electron chi connectivity index (χ4n) is 6.70. The Labute approximate surface area is 413 Å². The molecule has 1 aliphatic heterocycles. The van der Waals surface area contributed by atoms with Crippen molar-refractivity contribution in [2.75, 3.05) is 5.32 Å². The van der Waals surface area contributed by atoms with Crippen molar-refractivity contribution in [2.45, 2.75) is 135 Å². The summed E-state index contributed by atoms with van der Waals surface area (Å²) in [5, 5.41) is 18.8. The average Bonchev–Trinajstić information content (AvgIpc) is 3.75. The van der Waals surface area contributed by atoms with E-state index < -0.39 is 106 Å². The number of ether oxygens (including phenoxy) is 4. The zero-order valence-electron chi connectivity index (χ0n) is 40.4. The number of oxime groups is 1. The summed E-state index contributed by atoms with van der Waals surface area (Å²) in [7, 11) is -5.27. The first-order valence-corrected chi connectivity index (χ1v) is 24.3. The number of nitrogens with zero attached hydrogens (tertiary/aromatic N) is 7. The second-order valence-electron chi connectivity index (χ2n) is 19.3. The van der Waals surface area contributed by atoms with Crippen molar-refractivity contribution in [3.05, 3.63) is 94.3 Å². The van der Waals surface area contributed by atoms with Gasteiger partial charge in [0.05, 0.1) is 13.1 Å². The molecule has 2 atom stereocenters. The molecule has 24 nitrogen and oxygen atoms in total. The lowest BCUT2D eigenvalue weighted by Crippen LogP contribution is -2.73. The van der Waals surface area contributed by atoms with E-state index in [-0.39, 0.29) is 45.9 Å². The van der Waals surface area contributed by atoms with Gasteiger partial charge in [-0.3, -0.25) is 19.5 Å². The van der Waals surface area contributed by atoms with Crippen molar-refractivity contribution >= 4 is 68.5 Å². The molecule has 1 aliphatic carbocycles. The molecule has 5 N–H and O–H groups in total. The Balaban J connectivity index is 1.29. The zero-order chi connectivity index (χ0) is 52.3. The van der Waals surface area contributed by atoms with Crippen LogP contribution in [0.25, 0.3) is 0 Å². The number of carbonyl (C=O) groups is 6. The first-order valence-electron chi connectivity index (χ1n) is 22.1. The summed E-state index contributed by atoms with van der Waals surface area (Å²) in [5.74, 6) is -3.25. The minimum Gasteiger partial charge on any atom is -0.450 e. The fourth-order valence-corrected chi connectivity index (χ4v) is 8.25. The van der Waals surface area contributed by atoms with E-state index >= 15 is 0 Å². The van der Waals surface area contributed by atoms with Crippen LogP contribution in [0.15, 0.2) is 71.2 Å². The quantitative estimate of drug-likeness (QED) is 0.0287. The number of β-lactam (4-membered cyclic amide) rings is 1. The van der Waals surface area contributed by atoms with Gasteiger partial charge < -0.3 is 34.8 Å². The van der Waals surface area contributed by atoms with Gasteiger partial charge >= 0.3 is 34.6 Å². The molecule has 0 spiro atoms. The van der Waals surface area contributed by atoms with E-state index in [0.717, 1.165) is 16.1 Å². The van der Waals surface area contributed by atoms with Crippen LogP contribution in [0.4, 0.5) is 19.5 Å². The second-order valence-corrected chi connectivity index (χ2v) is 21.5. The highest BCUT2D eigenvalue weighted by Gasteiger charge is 2.57. The number of imide groups is 1. The summed E-state index contributed by atoms with van der Waals surface area (Å²) in [5.41, 5.74) is 1.86. The fraction of sp³-hybridized carbons (Fsp3) is 0.467. The van der Waals surface area contributed by atoms with Crippen LogP contribution in [0.5, 0.6) is 0 Å². The molecular weight excluding hydrogens is 969 g/mol. The van der Waals surface area contributed by atoms with Gasteiger partial charge in [-0.05, 0) is 73.4 Å². The molecule has 0 bridgehead atoms. The summed E-state index contributed by atoms with van der Waals surface area (Å²) >= 11 is 0.862. The Hall–Kier alpha value is -7.03. The van der Waals surface area contributed by atoms with Crippen molar-refractivity contribution < 1.29 is 65.5 Å². The number of thiazole rings is 1. The first kappa shape index (κ1) is 53.3. The molecule has 2 aromatic carbocycles. The van der Waals surface area contributed by atoms with Crippen molar-refractivity contribution in [2.24, 2.45) is 10.9 Å². The number of hydrogen-bond acceptors (Lipinski definition) is 19. The summed E-state index contributed by atoms with van der Waals surface area (Å²) in [6.45, 7) is 13.0. The summed E-state index contributed by atoms with van der Waals surface area (Å²) in [6, 6.07) is 14.6. The van der Waals surface area contributed by atoms with Gasteiger partial charge in [0.2, 0.25) is 5.60 Å². The molecule has 2 fully saturated rings. The Morgan fingerprint density at radius 2 is 1.41 bits per heavy atom. The van der Waals surface area contributed by atoms with Crippen LogP contribution in [0, 0.1) is 0 Å². The van der Waals surface area contributed by atoms with E-state index in [0.29, 0.717) is 16.0 Å². The largest absolute Gasteiger partial charge is 0.450 e. The molecular formula is C45H56N10O14S2. The van der Waals surface area contributed by atoms with Gasteiger partial charge in [0, 0.05) is 24.8 Å². The van der Waals surface area contributed by atoms with Crippen LogP contribution in [0.1, 0.15) is 109 Å². The third-order valence-electron chi connectivity index (χ3n) is 9.98. The molecule has 0 radical (unpaired) electrons. The monoisotopic (exact) mass is 1020 g/mol. The highest BCUT2D eigenvalue weighted by atomic mass is 32.2. The minimum atomic E-state index is -5.27. The molecule has 6 rings (SSSR count). The molecule has 4 aromatic rings. The standard InChI is InChI=1S/C45H56N10O14S2/c1-42(2,3)66-39(59)49-38-47-30(25-70-38)32(52-69-45(20-21-45)37(58)65-34(26-16-12-10-13-17-26)27-18-14-11-15-19-27)35(56)48-33-31(55(36(33)57)71(62,63)64)24-54-50-28(22-46)29(51-54)23-53(40(60)67-43(4,5)6)41(61)68-44(7,8)9/h10-19,25,31,33-34H,20-24,46H2,1-9H3,(H,48,56)(H,47,49,59)(H,62,63,64)/b52-32+/t31-,33+/m1/s1. The molecule has 0 unspecified atom stereocenters. The Morgan fingerprint density at radius 1 is 0.873 bits per heavy atom. The predicted octanol–water partition coefficient (Wildman–Crippen LogP) is 5.00. The van der Waals surface area contributed by atoms with Crippen molar-refractivity contribution in [1.82, 2.24) is 34.5 Å². The lowest BCUT2D eigenvalue weighted by atomic mass is 9.98. The van der Waals surface area contributed by atoms with E-state index in [1.54, 1.807) is 111 Å². The van der Waals surface area contributed by atoms with Gasteiger partial charge in [-0.1, -0.05) is 65.8 Å². The van der Waals surface area contributed by atoms with Gasteiger partial charge in [-0.2, -0.15) is 23.4 Å². The van der Waals surface area contributed by atoms with E-state index in [1.165, 1.54) is 5.38 Å². The number of rotatable bonds is 16. The van der Waals surface area contributed by atoms with Gasteiger partial charge in [0.1, 0.15) is 46.0 Å². The topological polar surface area (TPSA) is 315 Å². The number of carbonyl (C=O) groups excluding carboxylic acids is 6. The number of benzene rings is 2. The molecule has 3 heterocycles. The maximum Gasteiger partial charge on any atom is 0.420 e. The third kappa shape index (κ3) is 13.9. The number of hydrogen-bond donors (Lipinski definition) is 4. The molecule has 2 aliphatic rings. The molecule has 2 aromatic heterocycles. The van der Waals surface area contributed by atoms with Crippen LogP contribution >= 0.6 is 11.3 Å². The third-order valence-corrected chi connectivity index (χ3v) is 11.7. The van der Waals surface area contributed by atoms with Crippen LogP contribution in [0.2, 0.25) is 0 Å². The van der Waals surface area contributed by atoms with Crippen molar-refractivity contribution in [1.29, 1.82) is 0 Å². The summed E-state index contributed by atoms with van der Waals surface area (Å²) in [4.78, 5) is 92.7. The second kappa shape index (κ2) is 20.7. The van der Waals surface area contributed by atoms with Crippen LogP contribution < -0.4 is 16.4 Å². The molecule has 26 heteroatoms. The minimum absolute atomic E-state index is 0.0315. The lowest BCUT2D eigenvalue weighted by Gasteiger charge is -2.43. The molecule has 382 valence electrons. The highest BCUT2D eigenvalue weighted by molar-refractivity contribution is 7.84. The Bertz CT molecular complexity index is 2710. The zero-order valence-corrected chi connectivity index (χ0v) is 42.0. The van der Waals surface area contributed by atoms with Crippen LogP contribution in [-0.4, -0.2) is 118 Å². The smallest absolute Gasteiger partial charge is 0.420 e. The first-order chi connectivity index (χ1) is 33.1. The van der Waals surface area contributed by atoms with Gasteiger partial charge in [-0.15, -0.1) is 11.3 Å². The number of aromatic nitrogens is 4. The maximum atomic E-state index is 14.4. The van der Waals surface area contributed by atoms with Crippen LogP contribution in [-0.2, 0) is 68.1 Å². The lowest BCUT2D eigenvalue weighted by molar-refractivity contribution is -0.164. The maximum absolute atomic E-state index is 14.4. The van der Waals surface area contributed by atoms with E-state index in [2.05, 4.69) is 31.0 Å². The van der Waals surface area contributed by atoms with Crippen LogP contribution in [0.3, 0.4) is 0 Å². The highest BCUT2D eigenvalue weighted by Crippen LogP contribution is 2.43. The van der Waals surface area contributed by atoms with E-state index in [4.69, 9.17) is 29.5 Å². The predicted molar refractivity (Wildman–Crippen MR) is 252 cm³/mol. The van der Waals surface area contributed by atoms with E-state index in [1.807, 2.05) is 12.1 Å².